The third-order valence-electron chi connectivity index (χ3n) is 5.56. The molecule has 8 nitrogen and oxygen atoms in total. The summed E-state index contributed by atoms with van der Waals surface area (Å²) in [6.45, 7) is 1.37. The van der Waals surface area contributed by atoms with Gasteiger partial charge >= 0.3 is 5.97 Å². The Hall–Kier alpha value is -3.75. The molecule has 4 rings (SSSR count). The first-order valence-corrected chi connectivity index (χ1v) is 10.3. The van der Waals surface area contributed by atoms with Gasteiger partial charge in [0, 0.05) is 39.0 Å². The van der Waals surface area contributed by atoms with Crippen molar-refractivity contribution in [3.05, 3.63) is 59.9 Å². The largest absolute Gasteiger partial charge is 0.452 e. The Balaban J connectivity index is 1.27. The first kappa shape index (κ1) is 21.5. The number of piperazine rings is 1. The van der Waals surface area contributed by atoms with Crippen LogP contribution < -0.4 is 9.80 Å². The van der Waals surface area contributed by atoms with E-state index in [-0.39, 0.29) is 41.9 Å². The molecule has 2 aliphatic rings. The Morgan fingerprint density at radius 2 is 1.50 bits per heavy atom. The number of para-hydroxylation sites is 1. The molecule has 0 aliphatic carbocycles. The molecule has 2 fully saturated rings. The third-order valence-corrected chi connectivity index (χ3v) is 5.56. The van der Waals surface area contributed by atoms with Crippen molar-refractivity contribution in [1.82, 2.24) is 4.90 Å². The number of imide groups is 1. The van der Waals surface area contributed by atoms with Crippen LogP contribution in [0, 0.1) is 5.82 Å². The molecule has 0 unspecified atom stereocenters. The zero-order valence-corrected chi connectivity index (χ0v) is 17.3. The number of hydrogen-bond donors (Lipinski definition) is 0. The Morgan fingerprint density at radius 1 is 0.875 bits per heavy atom. The molecule has 3 amide bonds. The molecule has 0 N–H and O–H groups in total. The Labute approximate surface area is 184 Å². The molecule has 2 aromatic rings. The number of nitrogens with zero attached hydrogens (tertiary/aromatic N) is 3. The average Bonchev–Trinajstić information content (AvgIpc) is 3.15. The Kier molecular flexibility index (Phi) is 6.16. The van der Waals surface area contributed by atoms with Gasteiger partial charge in [-0.2, -0.15) is 0 Å². The van der Waals surface area contributed by atoms with E-state index >= 15 is 0 Å². The van der Waals surface area contributed by atoms with Crippen LogP contribution in [0.1, 0.15) is 23.2 Å². The first-order chi connectivity index (χ1) is 15.4. The van der Waals surface area contributed by atoms with Crippen LogP contribution in [-0.2, 0) is 19.1 Å². The maximum absolute atomic E-state index is 13.9. The number of esters is 1. The lowest BCUT2D eigenvalue weighted by Crippen LogP contribution is -2.50. The monoisotopic (exact) mass is 439 g/mol. The number of benzene rings is 2. The molecule has 9 heteroatoms. The number of ether oxygens (including phenoxy) is 1. The summed E-state index contributed by atoms with van der Waals surface area (Å²) in [7, 11) is 0. The van der Waals surface area contributed by atoms with Crippen molar-refractivity contribution >= 4 is 35.1 Å². The minimum atomic E-state index is -0.672. The fraction of sp³-hybridized carbons (Fsp3) is 0.304. The average molecular weight is 439 g/mol. The van der Waals surface area contributed by atoms with Crippen LogP contribution in [0.15, 0.2) is 48.5 Å². The number of halogens is 1. The van der Waals surface area contributed by atoms with E-state index in [9.17, 15) is 23.6 Å². The number of carbonyl (C=O) groups excluding carboxylic acids is 4. The summed E-state index contributed by atoms with van der Waals surface area (Å²) in [6, 6.07) is 12.4. The highest BCUT2D eigenvalue weighted by Crippen LogP contribution is 2.23. The van der Waals surface area contributed by atoms with Crippen molar-refractivity contribution in [3.8, 4) is 0 Å². The van der Waals surface area contributed by atoms with Gasteiger partial charge in [0.25, 0.3) is 5.91 Å². The highest BCUT2D eigenvalue weighted by Gasteiger charge is 2.30. The molecule has 0 saturated carbocycles. The lowest BCUT2D eigenvalue weighted by molar-refractivity contribution is -0.134. The van der Waals surface area contributed by atoms with Gasteiger partial charge in [0.05, 0.1) is 16.9 Å². The highest BCUT2D eigenvalue weighted by atomic mass is 19.1. The number of rotatable bonds is 5. The maximum atomic E-state index is 13.9. The smallest absolute Gasteiger partial charge is 0.338 e. The van der Waals surface area contributed by atoms with E-state index < -0.39 is 12.6 Å². The molecule has 2 heterocycles. The van der Waals surface area contributed by atoms with E-state index in [1.807, 2.05) is 4.90 Å². The zero-order valence-electron chi connectivity index (χ0n) is 17.3. The van der Waals surface area contributed by atoms with Crippen molar-refractivity contribution in [2.75, 3.05) is 42.6 Å². The molecule has 0 radical (unpaired) electrons. The van der Waals surface area contributed by atoms with Crippen molar-refractivity contribution in [2.45, 2.75) is 12.8 Å². The van der Waals surface area contributed by atoms with E-state index in [4.69, 9.17) is 4.74 Å². The topological polar surface area (TPSA) is 87.2 Å². The SMILES string of the molecule is O=C(OCC(=O)N1CCN(c2ccccc2F)CC1)c1ccc(N2C(=O)CCC2=O)cc1. The van der Waals surface area contributed by atoms with E-state index in [2.05, 4.69) is 0 Å². The molecule has 0 bridgehead atoms. The van der Waals surface area contributed by atoms with Crippen molar-refractivity contribution in [1.29, 1.82) is 0 Å². The minimum Gasteiger partial charge on any atom is -0.452 e. The molecule has 2 saturated heterocycles. The fourth-order valence-corrected chi connectivity index (χ4v) is 3.82. The summed E-state index contributed by atoms with van der Waals surface area (Å²) in [5.41, 5.74) is 1.12. The van der Waals surface area contributed by atoms with Gasteiger partial charge in [-0.25, -0.2) is 9.18 Å². The third kappa shape index (κ3) is 4.46. The molecular weight excluding hydrogens is 417 g/mol. The molecule has 2 aliphatic heterocycles. The minimum absolute atomic E-state index is 0.180. The number of carbonyl (C=O) groups is 4. The molecule has 0 atom stereocenters. The van der Waals surface area contributed by atoms with E-state index in [0.717, 1.165) is 4.90 Å². The van der Waals surface area contributed by atoms with Gasteiger partial charge in [-0.3, -0.25) is 19.3 Å². The second-order valence-corrected chi connectivity index (χ2v) is 7.57. The van der Waals surface area contributed by atoms with Crippen LogP contribution in [0.3, 0.4) is 0 Å². The zero-order chi connectivity index (χ0) is 22.7. The second-order valence-electron chi connectivity index (χ2n) is 7.57. The molecule has 0 aromatic heterocycles. The maximum Gasteiger partial charge on any atom is 0.338 e. The van der Waals surface area contributed by atoms with E-state index in [1.165, 1.54) is 30.3 Å². The second kappa shape index (κ2) is 9.17. The quantitative estimate of drug-likeness (QED) is 0.523. The van der Waals surface area contributed by atoms with Gasteiger partial charge in [0.2, 0.25) is 11.8 Å². The van der Waals surface area contributed by atoms with Crippen molar-refractivity contribution in [3.63, 3.8) is 0 Å². The summed E-state index contributed by atoms with van der Waals surface area (Å²) >= 11 is 0. The summed E-state index contributed by atoms with van der Waals surface area (Å²) in [6.07, 6.45) is 0.360. The number of hydrogen-bond acceptors (Lipinski definition) is 6. The summed E-state index contributed by atoms with van der Waals surface area (Å²) in [5, 5.41) is 0. The van der Waals surface area contributed by atoms with Gasteiger partial charge in [-0.1, -0.05) is 12.1 Å². The fourth-order valence-electron chi connectivity index (χ4n) is 3.82. The summed E-state index contributed by atoms with van der Waals surface area (Å²) in [5.74, 6) is -1.84. The van der Waals surface area contributed by atoms with Crippen LogP contribution in [0.2, 0.25) is 0 Å². The van der Waals surface area contributed by atoms with Crippen LogP contribution in [0.5, 0.6) is 0 Å². The molecule has 32 heavy (non-hydrogen) atoms. The van der Waals surface area contributed by atoms with Crippen LogP contribution >= 0.6 is 0 Å². The standard InChI is InChI=1S/C23H22FN3O5/c24-18-3-1-2-4-19(18)25-11-13-26(14-12-25)22(30)15-32-23(31)16-5-7-17(8-6-16)27-20(28)9-10-21(27)29/h1-8H,9-15H2. The lowest BCUT2D eigenvalue weighted by Gasteiger charge is -2.36. The predicted octanol–water partition coefficient (Wildman–Crippen LogP) is 1.98. The number of anilines is 2. The highest BCUT2D eigenvalue weighted by molar-refractivity contribution is 6.19. The summed E-state index contributed by atoms with van der Waals surface area (Å²) in [4.78, 5) is 52.9. The lowest BCUT2D eigenvalue weighted by atomic mass is 10.2. The van der Waals surface area contributed by atoms with Crippen LogP contribution in [0.4, 0.5) is 15.8 Å². The molecule has 0 spiro atoms. The molecule has 2 aromatic carbocycles. The van der Waals surface area contributed by atoms with Crippen molar-refractivity contribution < 1.29 is 28.3 Å². The molecular formula is C23H22FN3O5. The van der Waals surface area contributed by atoms with Crippen molar-refractivity contribution in [2.24, 2.45) is 0 Å². The van der Waals surface area contributed by atoms with Gasteiger partial charge < -0.3 is 14.5 Å². The summed E-state index contributed by atoms with van der Waals surface area (Å²) < 4.78 is 19.1. The van der Waals surface area contributed by atoms with Gasteiger partial charge in [-0.15, -0.1) is 0 Å². The van der Waals surface area contributed by atoms with Crippen LogP contribution in [0.25, 0.3) is 0 Å². The molecule has 166 valence electrons. The Bertz CT molecular complexity index is 1030. The predicted molar refractivity (Wildman–Crippen MR) is 114 cm³/mol. The van der Waals surface area contributed by atoms with E-state index in [0.29, 0.717) is 37.6 Å². The van der Waals surface area contributed by atoms with Crippen LogP contribution in [-0.4, -0.2) is 61.4 Å². The number of amides is 3. The van der Waals surface area contributed by atoms with Gasteiger partial charge in [0.1, 0.15) is 5.82 Å². The van der Waals surface area contributed by atoms with Gasteiger partial charge in [0.15, 0.2) is 6.61 Å². The Morgan fingerprint density at radius 3 is 2.12 bits per heavy atom. The van der Waals surface area contributed by atoms with Gasteiger partial charge in [-0.05, 0) is 36.4 Å². The van der Waals surface area contributed by atoms with E-state index in [1.54, 1.807) is 23.1 Å². The normalized spacial score (nSPS) is 16.5. The first-order valence-electron chi connectivity index (χ1n) is 10.3.